The first kappa shape index (κ1) is 23.3. The van der Waals surface area contributed by atoms with Crippen molar-refractivity contribution in [3.05, 3.63) is 107 Å². The number of rotatable bonds is 4. The Hall–Kier alpha value is -2.46. The highest BCUT2D eigenvalue weighted by atomic mass is 31.1. The molecule has 0 saturated carbocycles. The summed E-state index contributed by atoms with van der Waals surface area (Å²) in [4.78, 5) is 0. The lowest BCUT2D eigenvalue weighted by Crippen LogP contribution is -2.31. The quantitative estimate of drug-likeness (QED) is 0.289. The molecule has 0 aliphatic carbocycles. The fraction of sp³-hybridized carbons (Fsp3) is 0.226. The second kappa shape index (κ2) is 8.96. The lowest BCUT2D eigenvalue weighted by Gasteiger charge is -2.38. The number of benzene rings is 4. The highest BCUT2D eigenvalue weighted by molar-refractivity contribution is 7.73. The van der Waals surface area contributed by atoms with Crippen molar-refractivity contribution < 1.29 is 4.74 Å². The monoisotopic (exact) mass is 482 g/mol. The molecule has 1 aliphatic heterocycles. The second-order valence-electron chi connectivity index (χ2n) is 9.73. The molecule has 0 spiro atoms. The summed E-state index contributed by atoms with van der Waals surface area (Å²) in [6, 6.07) is 31.0. The van der Waals surface area contributed by atoms with Crippen LogP contribution in [0.25, 0.3) is 0 Å². The summed E-state index contributed by atoms with van der Waals surface area (Å²) in [6.07, 6.45) is 0. The summed E-state index contributed by atoms with van der Waals surface area (Å²) in [5.41, 5.74) is 5.14. The van der Waals surface area contributed by atoms with E-state index in [9.17, 15) is 0 Å². The van der Waals surface area contributed by atoms with Gasteiger partial charge in [-0.15, -0.1) is 0 Å². The van der Waals surface area contributed by atoms with Crippen molar-refractivity contribution in [1.29, 1.82) is 0 Å². The Balaban J connectivity index is 1.67. The van der Waals surface area contributed by atoms with Gasteiger partial charge in [-0.2, -0.15) is 0 Å². The molecule has 0 saturated heterocycles. The third-order valence-electron chi connectivity index (χ3n) is 7.22. The molecule has 0 N–H and O–H groups in total. The van der Waals surface area contributed by atoms with E-state index in [0.717, 1.165) is 11.5 Å². The Kier molecular flexibility index (Phi) is 6.14. The smallest absolute Gasteiger partial charge is 0.139 e. The maximum atomic E-state index is 6.97. The van der Waals surface area contributed by atoms with Crippen LogP contribution in [-0.4, -0.2) is 13.3 Å². The average Bonchev–Trinajstić information content (AvgIpc) is 2.83. The van der Waals surface area contributed by atoms with Gasteiger partial charge in [0.25, 0.3) is 0 Å². The average molecular weight is 483 g/mol. The molecule has 3 heteroatoms. The van der Waals surface area contributed by atoms with Crippen LogP contribution in [0.4, 0.5) is 0 Å². The van der Waals surface area contributed by atoms with E-state index in [-0.39, 0.29) is 5.41 Å². The molecular formula is C31H32OP2. The normalized spacial score (nSPS) is 15.6. The summed E-state index contributed by atoms with van der Waals surface area (Å²) in [6.45, 7) is 13.9. The van der Waals surface area contributed by atoms with E-state index in [1.165, 1.54) is 43.5 Å². The number of ether oxygens (including phenoxy) is 1. The number of hydrogen-bond donors (Lipinski definition) is 0. The van der Waals surface area contributed by atoms with Gasteiger partial charge < -0.3 is 4.74 Å². The minimum absolute atomic E-state index is 0.126. The first-order chi connectivity index (χ1) is 16.3. The van der Waals surface area contributed by atoms with Crippen molar-refractivity contribution >= 4 is 37.1 Å². The van der Waals surface area contributed by atoms with E-state index in [0.29, 0.717) is 0 Å². The van der Waals surface area contributed by atoms with E-state index in [4.69, 9.17) is 4.74 Å². The molecule has 0 amide bonds. The van der Waals surface area contributed by atoms with Gasteiger partial charge in [0, 0.05) is 27.2 Å². The van der Waals surface area contributed by atoms with Crippen LogP contribution in [0.15, 0.2) is 84.9 Å². The Morgan fingerprint density at radius 3 is 1.32 bits per heavy atom. The van der Waals surface area contributed by atoms with Crippen LogP contribution >= 0.6 is 15.8 Å². The molecule has 2 atom stereocenters. The van der Waals surface area contributed by atoms with Gasteiger partial charge in [-0.1, -0.05) is 98.8 Å². The molecule has 0 fully saturated rings. The van der Waals surface area contributed by atoms with E-state index >= 15 is 0 Å². The molecule has 0 radical (unpaired) electrons. The van der Waals surface area contributed by atoms with Crippen molar-refractivity contribution in [1.82, 2.24) is 0 Å². The molecule has 172 valence electrons. The molecule has 5 rings (SSSR count). The lowest BCUT2D eigenvalue weighted by atomic mass is 9.76. The first-order valence-corrected chi connectivity index (χ1v) is 15.4. The fourth-order valence-electron chi connectivity index (χ4n) is 5.16. The summed E-state index contributed by atoms with van der Waals surface area (Å²) >= 11 is 0. The highest BCUT2D eigenvalue weighted by Crippen LogP contribution is 2.51. The van der Waals surface area contributed by atoms with Gasteiger partial charge in [0.1, 0.15) is 11.5 Å². The topological polar surface area (TPSA) is 9.23 Å². The van der Waals surface area contributed by atoms with E-state index in [1.54, 1.807) is 0 Å². The summed E-state index contributed by atoms with van der Waals surface area (Å²) in [5.74, 6) is 2.13. The zero-order chi connectivity index (χ0) is 24.0. The van der Waals surface area contributed by atoms with E-state index in [1.807, 2.05) is 0 Å². The van der Waals surface area contributed by atoms with Crippen molar-refractivity contribution in [2.45, 2.75) is 33.1 Å². The van der Waals surface area contributed by atoms with Crippen LogP contribution in [0, 0.1) is 13.8 Å². The van der Waals surface area contributed by atoms with Gasteiger partial charge in [-0.05, 0) is 64.8 Å². The second-order valence-corrected chi connectivity index (χ2v) is 13.9. The molecule has 0 bridgehead atoms. The molecule has 1 aliphatic rings. The highest BCUT2D eigenvalue weighted by Gasteiger charge is 2.38. The van der Waals surface area contributed by atoms with Crippen LogP contribution in [0.5, 0.6) is 11.5 Å². The standard InChI is InChI=1S/C31H32OP2/c1-21-13-7-9-17-25(21)33(5)27-19-11-15-23-29(27)32-30-24(31(23,3)4)16-12-20-28(30)34(6)26-18-10-8-14-22(26)2/h7-20H,1-6H3/t33-,34-/m0/s1. The van der Waals surface area contributed by atoms with Crippen LogP contribution in [-0.2, 0) is 5.41 Å². The lowest BCUT2D eigenvalue weighted by molar-refractivity contribution is 0.425. The fourth-order valence-corrected chi connectivity index (χ4v) is 9.07. The molecule has 0 unspecified atom stereocenters. The van der Waals surface area contributed by atoms with Gasteiger partial charge in [-0.3, -0.25) is 0 Å². The zero-order valence-corrected chi connectivity index (χ0v) is 22.7. The number of aryl methyl sites for hydroxylation is 2. The maximum Gasteiger partial charge on any atom is 0.139 e. The Morgan fingerprint density at radius 2 is 0.912 bits per heavy atom. The third-order valence-corrected chi connectivity index (χ3v) is 11.8. The van der Waals surface area contributed by atoms with E-state index in [2.05, 4.69) is 126 Å². The van der Waals surface area contributed by atoms with Gasteiger partial charge in [-0.25, -0.2) is 0 Å². The maximum absolute atomic E-state index is 6.97. The van der Waals surface area contributed by atoms with Crippen LogP contribution in [0.3, 0.4) is 0 Å². The van der Waals surface area contributed by atoms with Gasteiger partial charge in [0.15, 0.2) is 0 Å². The van der Waals surface area contributed by atoms with Crippen LogP contribution in [0.2, 0.25) is 0 Å². The van der Waals surface area contributed by atoms with Gasteiger partial charge >= 0.3 is 0 Å². The minimum atomic E-state index is -0.531. The Bertz CT molecular complexity index is 1270. The predicted molar refractivity (Wildman–Crippen MR) is 152 cm³/mol. The number of hydrogen-bond acceptors (Lipinski definition) is 1. The predicted octanol–water partition coefficient (Wildman–Crippen LogP) is 6.86. The number of fused-ring (bicyclic) bond motifs is 2. The van der Waals surface area contributed by atoms with Crippen LogP contribution in [0.1, 0.15) is 36.1 Å². The van der Waals surface area contributed by atoms with Crippen molar-refractivity contribution in [2.75, 3.05) is 13.3 Å². The van der Waals surface area contributed by atoms with Crippen molar-refractivity contribution in [3.63, 3.8) is 0 Å². The minimum Gasteiger partial charge on any atom is -0.455 e. The molecule has 1 heterocycles. The summed E-state index contributed by atoms with van der Waals surface area (Å²) in [5, 5.41) is 5.49. The third kappa shape index (κ3) is 3.80. The number of para-hydroxylation sites is 2. The van der Waals surface area contributed by atoms with Gasteiger partial charge in [0.05, 0.1) is 0 Å². The summed E-state index contributed by atoms with van der Waals surface area (Å²) < 4.78 is 6.97. The summed E-state index contributed by atoms with van der Waals surface area (Å²) in [7, 11) is -1.06. The molecule has 4 aromatic rings. The molecule has 4 aromatic carbocycles. The van der Waals surface area contributed by atoms with E-state index < -0.39 is 15.8 Å². The first-order valence-electron chi connectivity index (χ1n) is 11.8. The SMILES string of the molecule is Cc1ccccc1[P@](C)c1cccc2c1Oc1c([P@@](C)c3ccccc3C)cccc1C2(C)C. The van der Waals surface area contributed by atoms with Gasteiger partial charge in [0.2, 0.25) is 0 Å². The molecule has 1 nitrogen and oxygen atoms in total. The zero-order valence-electron chi connectivity index (χ0n) is 20.9. The van der Waals surface area contributed by atoms with Crippen LogP contribution < -0.4 is 26.0 Å². The molecular weight excluding hydrogens is 450 g/mol. The molecule has 0 aromatic heterocycles. The Labute approximate surface area is 206 Å². The largest absolute Gasteiger partial charge is 0.455 e. The van der Waals surface area contributed by atoms with Crippen molar-refractivity contribution in [3.8, 4) is 11.5 Å². The Morgan fingerprint density at radius 1 is 0.529 bits per heavy atom. The van der Waals surface area contributed by atoms with Crippen molar-refractivity contribution in [2.24, 2.45) is 0 Å². The molecule has 34 heavy (non-hydrogen) atoms.